The summed E-state index contributed by atoms with van der Waals surface area (Å²) in [7, 11) is 2.10. The van der Waals surface area contributed by atoms with Gasteiger partial charge in [-0.15, -0.1) is 11.3 Å². The first-order valence-electron chi connectivity index (χ1n) is 13.0. The highest BCUT2D eigenvalue weighted by molar-refractivity contribution is 7.17. The average Bonchev–Trinajstić information content (AvgIpc) is 3.52. The van der Waals surface area contributed by atoms with Crippen molar-refractivity contribution in [1.29, 1.82) is 0 Å². The molecule has 2 aliphatic heterocycles. The van der Waals surface area contributed by atoms with Gasteiger partial charge in [-0.05, 0) is 62.7 Å². The molecule has 1 unspecified atom stereocenters. The van der Waals surface area contributed by atoms with Crippen molar-refractivity contribution in [3.05, 3.63) is 76.3 Å². The van der Waals surface area contributed by atoms with Gasteiger partial charge in [0.25, 0.3) is 0 Å². The summed E-state index contributed by atoms with van der Waals surface area (Å²) in [6, 6.07) is 7.97. The summed E-state index contributed by atoms with van der Waals surface area (Å²) in [5, 5.41) is 6.60. The van der Waals surface area contributed by atoms with E-state index < -0.39 is 11.6 Å². The first kappa shape index (κ1) is 25.6. The third-order valence-corrected chi connectivity index (χ3v) is 8.65. The van der Waals surface area contributed by atoms with Crippen LogP contribution in [0, 0.1) is 5.82 Å². The Balaban J connectivity index is 1.57. The van der Waals surface area contributed by atoms with Crippen LogP contribution in [0.4, 0.5) is 8.78 Å². The fourth-order valence-electron chi connectivity index (χ4n) is 5.72. The van der Waals surface area contributed by atoms with E-state index in [2.05, 4.69) is 30.7 Å². The highest BCUT2D eigenvalue weighted by Crippen LogP contribution is 2.42. The topological polar surface area (TPSA) is 54.3 Å². The molecule has 3 aromatic heterocycles. The second kappa shape index (κ2) is 9.81. The molecule has 1 amide bonds. The predicted molar refractivity (Wildman–Crippen MR) is 151 cm³/mol. The van der Waals surface area contributed by atoms with Crippen molar-refractivity contribution in [3.63, 3.8) is 0 Å². The summed E-state index contributed by atoms with van der Waals surface area (Å²) in [5.41, 5.74) is 6.23. The van der Waals surface area contributed by atoms with Crippen LogP contribution in [0.15, 0.2) is 48.1 Å². The molecule has 6 rings (SSSR count). The summed E-state index contributed by atoms with van der Waals surface area (Å²) >= 11 is 1.27. The first-order valence-corrected chi connectivity index (χ1v) is 13.9. The van der Waals surface area contributed by atoms with E-state index in [4.69, 9.17) is 10.1 Å². The van der Waals surface area contributed by atoms with Gasteiger partial charge in [-0.2, -0.15) is 5.10 Å². The van der Waals surface area contributed by atoms with Crippen LogP contribution in [0.5, 0.6) is 0 Å². The molecule has 0 aliphatic carbocycles. The Morgan fingerprint density at radius 2 is 2.00 bits per heavy atom. The number of pyridine rings is 1. The molecule has 1 aromatic carbocycles. The number of thiophene rings is 1. The van der Waals surface area contributed by atoms with Gasteiger partial charge in [0.05, 0.1) is 40.2 Å². The molecule has 0 bridgehead atoms. The number of carbonyl (C=O) groups is 1. The molecular weight excluding hydrogens is 516 g/mol. The lowest BCUT2D eigenvalue weighted by Gasteiger charge is -2.33. The van der Waals surface area contributed by atoms with Crippen LogP contribution in [0.2, 0.25) is 0 Å². The Morgan fingerprint density at radius 3 is 2.77 bits per heavy atom. The van der Waals surface area contributed by atoms with Crippen molar-refractivity contribution in [2.75, 3.05) is 20.1 Å². The molecule has 0 saturated heterocycles. The van der Waals surface area contributed by atoms with Gasteiger partial charge in [0, 0.05) is 41.5 Å². The number of benzene rings is 1. The number of aromatic nitrogens is 3. The van der Waals surface area contributed by atoms with Crippen LogP contribution >= 0.6 is 11.3 Å². The Hall–Kier alpha value is -3.69. The highest BCUT2D eigenvalue weighted by atomic mass is 32.1. The van der Waals surface area contributed by atoms with Crippen LogP contribution in [-0.2, 0) is 24.3 Å². The number of allylic oxidation sites excluding steroid dienone is 1. The average molecular weight is 546 g/mol. The fourth-order valence-corrected chi connectivity index (χ4v) is 6.66. The number of hydrogen-bond acceptors (Lipinski definition) is 5. The summed E-state index contributed by atoms with van der Waals surface area (Å²) in [4.78, 5) is 21.5. The Kier molecular flexibility index (Phi) is 6.43. The standard InChI is InChI=1S/C30H29F2N5OS/c1-5-26(38)36-10-11-37-25(18(36)3)14-24(34-37)29-22(12-17(2)31)27-23(32)16-39-30(27)28(33-29)20-7-6-19-8-9-35(4)15-21(19)13-20/h5-7,12-14,16,18H,1,8-11,15H2,2-4H3. The van der Waals surface area contributed by atoms with E-state index >= 15 is 4.39 Å². The normalized spacial score (nSPS) is 17.8. The van der Waals surface area contributed by atoms with Crippen LogP contribution in [0.1, 0.15) is 42.3 Å². The summed E-state index contributed by atoms with van der Waals surface area (Å²) in [6.45, 7) is 9.75. The van der Waals surface area contributed by atoms with Crippen molar-refractivity contribution in [2.24, 2.45) is 0 Å². The quantitative estimate of drug-likeness (QED) is 0.280. The van der Waals surface area contributed by atoms with Crippen LogP contribution in [0.25, 0.3) is 38.8 Å². The van der Waals surface area contributed by atoms with E-state index in [1.165, 1.54) is 46.9 Å². The minimum Gasteiger partial charge on any atom is -0.329 e. The number of amides is 1. The largest absolute Gasteiger partial charge is 0.329 e. The Morgan fingerprint density at radius 1 is 1.18 bits per heavy atom. The van der Waals surface area contributed by atoms with Gasteiger partial charge in [0.1, 0.15) is 11.5 Å². The van der Waals surface area contributed by atoms with Gasteiger partial charge in [-0.25, -0.2) is 13.8 Å². The van der Waals surface area contributed by atoms with Crippen molar-refractivity contribution >= 4 is 33.4 Å². The van der Waals surface area contributed by atoms with E-state index in [0.717, 1.165) is 30.8 Å². The molecule has 4 aromatic rings. The van der Waals surface area contributed by atoms with Crippen LogP contribution < -0.4 is 0 Å². The Labute approximate surface area is 229 Å². The molecule has 0 spiro atoms. The van der Waals surface area contributed by atoms with Crippen LogP contribution in [0.3, 0.4) is 0 Å². The van der Waals surface area contributed by atoms with Crippen LogP contribution in [-0.4, -0.2) is 50.6 Å². The molecular formula is C30H29F2N5OS. The number of carbonyl (C=O) groups excluding carboxylic acids is 1. The molecule has 9 heteroatoms. The van der Waals surface area contributed by atoms with Gasteiger partial charge in [-0.1, -0.05) is 18.7 Å². The first-order chi connectivity index (χ1) is 18.7. The lowest BCUT2D eigenvalue weighted by Crippen LogP contribution is -2.40. The molecule has 0 N–H and O–H groups in total. The molecule has 5 heterocycles. The minimum absolute atomic E-state index is 0.145. The van der Waals surface area contributed by atoms with Crippen molar-refractivity contribution in [2.45, 2.75) is 39.4 Å². The number of hydrogen-bond donors (Lipinski definition) is 0. The van der Waals surface area contributed by atoms with E-state index in [1.54, 1.807) is 4.90 Å². The maximum absolute atomic E-state index is 15.4. The fraction of sp³-hybridized carbons (Fsp3) is 0.300. The number of likely N-dealkylation sites (N-methyl/N-ethyl adjacent to an activating group) is 1. The van der Waals surface area contributed by atoms with Gasteiger partial charge in [0.2, 0.25) is 5.91 Å². The maximum Gasteiger partial charge on any atom is 0.246 e. The van der Waals surface area contributed by atoms with E-state index in [1.807, 2.05) is 23.7 Å². The molecule has 0 radical (unpaired) electrons. The minimum atomic E-state index is -0.449. The molecule has 2 aliphatic rings. The molecule has 200 valence electrons. The SMILES string of the molecule is C=CC(=O)N1CCn2nc(-c3nc(-c4ccc5c(c4)CN(C)CC5)c4scc(F)c4c3C=C(C)F)cc2C1C. The van der Waals surface area contributed by atoms with Gasteiger partial charge in [-0.3, -0.25) is 9.48 Å². The molecule has 0 fully saturated rings. The van der Waals surface area contributed by atoms with Crippen molar-refractivity contribution in [3.8, 4) is 22.6 Å². The lowest BCUT2D eigenvalue weighted by molar-refractivity contribution is -0.129. The number of halogens is 2. The van der Waals surface area contributed by atoms with Crippen molar-refractivity contribution < 1.29 is 13.6 Å². The summed E-state index contributed by atoms with van der Waals surface area (Å²) in [6.07, 6.45) is 3.63. The number of fused-ring (bicyclic) bond motifs is 3. The second-order valence-electron chi connectivity index (χ2n) is 10.3. The second-order valence-corrected chi connectivity index (χ2v) is 11.2. The zero-order valence-electron chi connectivity index (χ0n) is 22.2. The number of nitrogens with zero attached hydrogens (tertiary/aromatic N) is 5. The zero-order valence-corrected chi connectivity index (χ0v) is 23.0. The maximum atomic E-state index is 15.4. The lowest BCUT2D eigenvalue weighted by atomic mass is 9.95. The molecule has 39 heavy (non-hydrogen) atoms. The molecule has 1 atom stereocenters. The molecule has 6 nitrogen and oxygen atoms in total. The highest BCUT2D eigenvalue weighted by Gasteiger charge is 2.30. The van der Waals surface area contributed by atoms with Gasteiger partial charge >= 0.3 is 0 Å². The predicted octanol–water partition coefficient (Wildman–Crippen LogP) is 6.37. The van der Waals surface area contributed by atoms with E-state index in [9.17, 15) is 9.18 Å². The molecule has 0 saturated carbocycles. The smallest absolute Gasteiger partial charge is 0.246 e. The third-order valence-electron chi connectivity index (χ3n) is 7.69. The third kappa shape index (κ3) is 4.39. The Bertz CT molecular complexity index is 1670. The van der Waals surface area contributed by atoms with E-state index in [0.29, 0.717) is 45.8 Å². The van der Waals surface area contributed by atoms with Gasteiger partial charge < -0.3 is 9.80 Å². The summed E-state index contributed by atoms with van der Waals surface area (Å²) in [5.74, 6) is -1.01. The monoisotopic (exact) mass is 545 g/mol. The number of rotatable bonds is 4. The van der Waals surface area contributed by atoms with Crippen molar-refractivity contribution in [1.82, 2.24) is 24.6 Å². The van der Waals surface area contributed by atoms with Gasteiger partial charge in [0.15, 0.2) is 0 Å². The summed E-state index contributed by atoms with van der Waals surface area (Å²) < 4.78 is 32.3. The zero-order chi connectivity index (χ0) is 27.4. The van der Waals surface area contributed by atoms with E-state index in [-0.39, 0.29) is 11.9 Å².